The van der Waals surface area contributed by atoms with E-state index in [1.165, 1.54) is 0 Å². The maximum absolute atomic E-state index is 12.0. The monoisotopic (exact) mass is 368 g/mol. The molecule has 3 aliphatic rings. The van der Waals surface area contributed by atoms with Crippen LogP contribution in [0.15, 0.2) is 0 Å². The van der Waals surface area contributed by atoms with Crippen LogP contribution in [-0.2, 0) is 9.53 Å². The van der Waals surface area contributed by atoms with Crippen molar-refractivity contribution in [1.29, 1.82) is 0 Å². The fourth-order valence-corrected chi connectivity index (χ4v) is 6.29. The van der Waals surface area contributed by atoms with Crippen molar-refractivity contribution >= 4 is 5.97 Å². The molecule has 26 heavy (non-hydrogen) atoms. The normalized spacial score (nSPS) is 48.7. The second-order valence-corrected chi connectivity index (χ2v) is 10.3. The van der Waals surface area contributed by atoms with Crippen molar-refractivity contribution in [3.8, 4) is 0 Å². The summed E-state index contributed by atoms with van der Waals surface area (Å²) in [7, 11) is 0. The fourth-order valence-electron chi connectivity index (χ4n) is 6.29. The molecule has 5 heteroatoms. The molecule has 0 bridgehead atoms. The van der Waals surface area contributed by atoms with Crippen molar-refractivity contribution < 1.29 is 24.9 Å². The van der Waals surface area contributed by atoms with Crippen LogP contribution in [-0.4, -0.2) is 45.2 Å². The van der Waals surface area contributed by atoms with E-state index in [4.69, 9.17) is 4.74 Å². The molecule has 5 nitrogen and oxygen atoms in total. The lowest BCUT2D eigenvalue weighted by atomic mass is 9.55. The molecular formula is C21H36O5. The molecule has 1 saturated heterocycles. The smallest absolute Gasteiger partial charge is 0.309 e. The summed E-state index contributed by atoms with van der Waals surface area (Å²) in [4.78, 5) is 12.0. The van der Waals surface area contributed by atoms with Gasteiger partial charge in [-0.25, -0.2) is 0 Å². The quantitative estimate of drug-likeness (QED) is 0.713. The second-order valence-electron chi connectivity index (χ2n) is 10.3. The van der Waals surface area contributed by atoms with Crippen LogP contribution in [0.5, 0.6) is 0 Å². The van der Waals surface area contributed by atoms with Gasteiger partial charge in [0.1, 0.15) is 0 Å². The van der Waals surface area contributed by atoms with Gasteiger partial charge < -0.3 is 20.1 Å². The molecule has 3 N–H and O–H groups in total. The van der Waals surface area contributed by atoms with E-state index in [2.05, 4.69) is 20.8 Å². The number of ether oxygens (including phenoxy) is 1. The first-order valence-electron chi connectivity index (χ1n) is 10.3. The highest BCUT2D eigenvalue weighted by Gasteiger charge is 2.63. The van der Waals surface area contributed by atoms with Crippen molar-refractivity contribution in [2.75, 3.05) is 0 Å². The first kappa shape index (κ1) is 20.1. The summed E-state index contributed by atoms with van der Waals surface area (Å²) >= 11 is 0. The van der Waals surface area contributed by atoms with Crippen LogP contribution < -0.4 is 0 Å². The molecule has 150 valence electrons. The van der Waals surface area contributed by atoms with E-state index in [9.17, 15) is 20.1 Å². The van der Waals surface area contributed by atoms with Crippen molar-refractivity contribution in [3.05, 3.63) is 0 Å². The molecule has 0 aromatic heterocycles. The van der Waals surface area contributed by atoms with Gasteiger partial charge in [-0.05, 0) is 55.8 Å². The molecule has 0 aromatic carbocycles. The molecule has 2 aliphatic carbocycles. The van der Waals surface area contributed by atoms with E-state index in [1.54, 1.807) is 0 Å². The van der Waals surface area contributed by atoms with E-state index >= 15 is 0 Å². The summed E-state index contributed by atoms with van der Waals surface area (Å²) in [6.07, 6.45) is 2.55. The Hall–Kier alpha value is -0.650. The van der Waals surface area contributed by atoms with Gasteiger partial charge in [-0.15, -0.1) is 0 Å². The van der Waals surface area contributed by atoms with Gasteiger partial charge in [0.2, 0.25) is 0 Å². The Morgan fingerprint density at radius 1 is 1.27 bits per heavy atom. The number of aliphatic carboxylic acids is 1. The predicted molar refractivity (Wildman–Crippen MR) is 98.6 cm³/mol. The van der Waals surface area contributed by atoms with Crippen molar-refractivity contribution in [1.82, 2.24) is 0 Å². The third-order valence-corrected chi connectivity index (χ3v) is 7.45. The number of hydrogen-bond donors (Lipinski definition) is 3. The van der Waals surface area contributed by atoms with Gasteiger partial charge in [0.25, 0.3) is 0 Å². The summed E-state index contributed by atoms with van der Waals surface area (Å²) in [6, 6.07) is 0. The Morgan fingerprint density at radius 3 is 2.46 bits per heavy atom. The Bertz CT molecular complexity index is 537. The summed E-state index contributed by atoms with van der Waals surface area (Å²) in [5.74, 6) is -1.59. The van der Waals surface area contributed by atoms with E-state index in [0.29, 0.717) is 18.8 Å². The minimum atomic E-state index is -0.914. The maximum atomic E-state index is 12.0. The number of hydrogen-bond acceptors (Lipinski definition) is 4. The highest BCUT2D eigenvalue weighted by atomic mass is 16.5. The molecule has 5 unspecified atom stereocenters. The van der Waals surface area contributed by atoms with Gasteiger partial charge in [0, 0.05) is 5.92 Å². The molecule has 0 aromatic rings. The Kier molecular flexibility index (Phi) is 5.22. The molecule has 3 rings (SSSR count). The SMILES string of the molecule is CCCC1CC2O[C@H]3[C@@H](C2C(O)C1C(=O)O)[C@H](C(C)(C)C)CC[C@]3(C)O. The van der Waals surface area contributed by atoms with Crippen LogP contribution >= 0.6 is 0 Å². The maximum Gasteiger partial charge on any atom is 0.309 e. The molecule has 0 amide bonds. The minimum absolute atomic E-state index is 0.00294. The highest BCUT2D eigenvalue weighted by Crippen LogP contribution is 2.58. The van der Waals surface area contributed by atoms with Crippen molar-refractivity contribution in [2.24, 2.45) is 35.0 Å². The lowest BCUT2D eigenvalue weighted by molar-refractivity contribution is -0.159. The average molecular weight is 369 g/mol. The van der Waals surface area contributed by atoms with Crippen LogP contribution in [0.25, 0.3) is 0 Å². The lowest BCUT2D eigenvalue weighted by Crippen LogP contribution is -2.56. The van der Waals surface area contributed by atoms with Gasteiger partial charge in [0.15, 0.2) is 0 Å². The van der Waals surface area contributed by atoms with E-state index in [0.717, 1.165) is 19.3 Å². The summed E-state index contributed by atoms with van der Waals surface area (Å²) in [5, 5.41) is 31.9. The minimum Gasteiger partial charge on any atom is -0.481 e. The molecule has 9 atom stereocenters. The zero-order chi connectivity index (χ0) is 19.4. The molecule has 3 fully saturated rings. The van der Waals surface area contributed by atoms with E-state index in [-0.39, 0.29) is 35.4 Å². The van der Waals surface area contributed by atoms with Crippen LogP contribution in [0.3, 0.4) is 0 Å². The van der Waals surface area contributed by atoms with E-state index in [1.807, 2.05) is 13.8 Å². The number of fused-ring (bicyclic) bond motifs is 3. The average Bonchev–Trinajstić information content (AvgIpc) is 2.86. The van der Waals surface area contributed by atoms with Crippen molar-refractivity contribution in [2.45, 2.75) is 90.6 Å². The second kappa shape index (κ2) is 6.75. The van der Waals surface area contributed by atoms with Gasteiger partial charge >= 0.3 is 5.97 Å². The van der Waals surface area contributed by atoms with Crippen molar-refractivity contribution in [3.63, 3.8) is 0 Å². The number of rotatable bonds is 3. The molecule has 1 aliphatic heterocycles. The predicted octanol–water partition coefficient (Wildman–Crippen LogP) is 3.08. The topological polar surface area (TPSA) is 87.0 Å². The number of carbonyl (C=O) groups is 1. The summed E-state index contributed by atoms with van der Waals surface area (Å²) < 4.78 is 6.38. The largest absolute Gasteiger partial charge is 0.481 e. The van der Waals surface area contributed by atoms with Crippen LogP contribution in [0.1, 0.15) is 66.7 Å². The zero-order valence-electron chi connectivity index (χ0n) is 16.8. The van der Waals surface area contributed by atoms with Crippen LogP contribution in [0.2, 0.25) is 0 Å². The Balaban J connectivity index is 1.98. The zero-order valence-corrected chi connectivity index (χ0v) is 16.8. The summed E-state index contributed by atoms with van der Waals surface area (Å²) in [5.41, 5.74) is -0.890. The standard InChI is InChI=1S/C21H36O5/c1-6-7-11-10-13-16(17(22)14(11)19(23)24)15-12(20(2,3)4)8-9-21(5,25)18(15)26-13/h11-18,22,25H,6-10H2,1-5H3,(H,23,24)/t11?,12-,13?,14?,15-,16?,17?,18+,21+/m1/s1. The Labute approximate surface area is 157 Å². The first-order valence-corrected chi connectivity index (χ1v) is 10.3. The van der Waals surface area contributed by atoms with E-state index < -0.39 is 23.6 Å². The first-order chi connectivity index (χ1) is 12.0. The number of aliphatic hydroxyl groups is 2. The lowest BCUT2D eigenvalue weighted by Gasteiger charge is -2.50. The molecular weight excluding hydrogens is 332 g/mol. The number of aliphatic hydroxyl groups excluding tert-OH is 1. The fraction of sp³-hybridized carbons (Fsp3) is 0.952. The van der Waals surface area contributed by atoms with Gasteiger partial charge in [-0.1, -0.05) is 34.1 Å². The Morgan fingerprint density at radius 2 is 1.92 bits per heavy atom. The number of carboxylic acid groups (broad SMARTS) is 1. The molecule has 0 radical (unpaired) electrons. The van der Waals surface area contributed by atoms with Gasteiger partial charge in [0.05, 0.1) is 29.8 Å². The van der Waals surface area contributed by atoms with Crippen LogP contribution in [0, 0.1) is 35.0 Å². The highest BCUT2D eigenvalue weighted by molar-refractivity contribution is 5.71. The third kappa shape index (κ3) is 3.20. The molecule has 2 saturated carbocycles. The molecule has 1 heterocycles. The van der Waals surface area contributed by atoms with Crippen LogP contribution in [0.4, 0.5) is 0 Å². The number of carboxylic acids is 1. The third-order valence-electron chi connectivity index (χ3n) is 7.45. The summed E-state index contributed by atoms with van der Waals surface area (Å²) in [6.45, 7) is 10.5. The van der Waals surface area contributed by atoms with Gasteiger partial charge in [-0.2, -0.15) is 0 Å². The molecule has 0 spiro atoms. The van der Waals surface area contributed by atoms with Gasteiger partial charge in [-0.3, -0.25) is 4.79 Å².